The van der Waals surface area contributed by atoms with Crippen molar-refractivity contribution in [3.63, 3.8) is 0 Å². The maximum Gasteiger partial charge on any atom is 0.139 e. The summed E-state index contributed by atoms with van der Waals surface area (Å²) in [6.07, 6.45) is 0. The molecule has 0 bridgehead atoms. The van der Waals surface area contributed by atoms with Crippen molar-refractivity contribution >= 4 is 28.9 Å². The molecule has 2 heterocycles. The van der Waals surface area contributed by atoms with E-state index >= 15 is 0 Å². The van der Waals surface area contributed by atoms with Gasteiger partial charge in [0.25, 0.3) is 0 Å². The number of aryl methyl sites for hydroxylation is 1. The Morgan fingerprint density at radius 3 is 2.75 bits per heavy atom. The van der Waals surface area contributed by atoms with Gasteiger partial charge in [-0.15, -0.1) is 11.3 Å². The Bertz CT molecular complexity index is 253. The third kappa shape index (κ3) is 1.75. The van der Waals surface area contributed by atoms with Crippen molar-refractivity contribution in [2.45, 2.75) is 6.92 Å². The summed E-state index contributed by atoms with van der Waals surface area (Å²) in [7, 11) is 0. The summed E-state index contributed by atoms with van der Waals surface area (Å²) in [5, 5.41) is 3.33. The average molecular weight is 200 g/mol. The van der Waals surface area contributed by atoms with Crippen LogP contribution in [0.1, 0.15) is 5.01 Å². The SMILES string of the molecule is Cc1nc(N2CCSCC2)cs1. The molecule has 0 spiro atoms. The molecule has 1 saturated heterocycles. The Kier molecular flexibility index (Phi) is 2.56. The van der Waals surface area contributed by atoms with Crippen LogP contribution in [0, 0.1) is 6.92 Å². The summed E-state index contributed by atoms with van der Waals surface area (Å²) < 4.78 is 0. The van der Waals surface area contributed by atoms with Crippen LogP contribution >= 0.6 is 23.1 Å². The molecule has 4 heteroatoms. The predicted octanol–water partition coefficient (Wildman–Crippen LogP) is 2.00. The zero-order chi connectivity index (χ0) is 8.39. The van der Waals surface area contributed by atoms with Crippen molar-refractivity contribution in [1.29, 1.82) is 0 Å². The van der Waals surface area contributed by atoms with Gasteiger partial charge in [-0.3, -0.25) is 0 Å². The third-order valence-corrected chi connectivity index (χ3v) is 3.65. The number of anilines is 1. The molecule has 0 aromatic carbocycles. The molecule has 0 unspecified atom stereocenters. The van der Waals surface area contributed by atoms with Gasteiger partial charge in [-0.25, -0.2) is 4.98 Å². The molecule has 0 saturated carbocycles. The van der Waals surface area contributed by atoms with E-state index in [4.69, 9.17) is 0 Å². The molecule has 66 valence electrons. The topological polar surface area (TPSA) is 16.1 Å². The summed E-state index contributed by atoms with van der Waals surface area (Å²) in [5.41, 5.74) is 0. The summed E-state index contributed by atoms with van der Waals surface area (Å²) in [4.78, 5) is 6.84. The van der Waals surface area contributed by atoms with Crippen LogP contribution in [0.3, 0.4) is 0 Å². The molecule has 1 aromatic rings. The first-order valence-electron chi connectivity index (χ1n) is 4.11. The summed E-state index contributed by atoms with van der Waals surface area (Å²) in [6.45, 7) is 4.38. The van der Waals surface area contributed by atoms with Crippen LogP contribution in [0.15, 0.2) is 5.38 Å². The van der Waals surface area contributed by atoms with Crippen LogP contribution in [-0.2, 0) is 0 Å². The van der Waals surface area contributed by atoms with Crippen molar-refractivity contribution in [1.82, 2.24) is 4.98 Å². The number of aromatic nitrogens is 1. The standard InChI is InChI=1S/C8H12N2S2/c1-7-9-8(6-12-7)10-2-4-11-5-3-10/h6H,2-5H2,1H3. The molecule has 0 N–H and O–H groups in total. The number of hydrogen-bond acceptors (Lipinski definition) is 4. The molecule has 0 radical (unpaired) electrons. The van der Waals surface area contributed by atoms with E-state index in [2.05, 4.69) is 22.2 Å². The molecule has 1 aliphatic heterocycles. The van der Waals surface area contributed by atoms with E-state index < -0.39 is 0 Å². The van der Waals surface area contributed by atoms with Gasteiger partial charge in [0.05, 0.1) is 5.01 Å². The van der Waals surface area contributed by atoms with E-state index in [-0.39, 0.29) is 0 Å². The monoisotopic (exact) mass is 200 g/mol. The van der Waals surface area contributed by atoms with Gasteiger partial charge in [0.15, 0.2) is 0 Å². The van der Waals surface area contributed by atoms with E-state index in [9.17, 15) is 0 Å². The Morgan fingerprint density at radius 2 is 2.17 bits per heavy atom. The van der Waals surface area contributed by atoms with Crippen LogP contribution in [-0.4, -0.2) is 29.6 Å². The molecule has 1 fully saturated rings. The smallest absolute Gasteiger partial charge is 0.139 e. The quantitative estimate of drug-likeness (QED) is 0.690. The summed E-state index contributed by atoms with van der Waals surface area (Å²) in [5.74, 6) is 3.67. The first kappa shape index (κ1) is 8.38. The number of rotatable bonds is 1. The van der Waals surface area contributed by atoms with Crippen molar-refractivity contribution in [3.8, 4) is 0 Å². The van der Waals surface area contributed by atoms with Crippen LogP contribution < -0.4 is 4.90 Å². The number of nitrogens with zero attached hydrogens (tertiary/aromatic N) is 2. The molecule has 0 atom stereocenters. The van der Waals surface area contributed by atoms with Gasteiger partial charge in [0.2, 0.25) is 0 Å². The fourth-order valence-electron chi connectivity index (χ4n) is 1.29. The molecule has 12 heavy (non-hydrogen) atoms. The highest BCUT2D eigenvalue weighted by Crippen LogP contribution is 2.20. The fourth-order valence-corrected chi connectivity index (χ4v) is 2.82. The average Bonchev–Trinajstić information content (AvgIpc) is 2.54. The first-order chi connectivity index (χ1) is 5.86. The van der Waals surface area contributed by atoms with E-state index in [1.807, 2.05) is 11.8 Å². The lowest BCUT2D eigenvalue weighted by molar-refractivity contribution is 0.842. The van der Waals surface area contributed by atoms with Crippen molar-refractivity contribution in [2.24, 2.45) is 0 Å². The van der Waals surface area contributed by atoms with E-state index in [1.54, 1.807) is 11.3 Å². The van der Waals surface area contributed by atoms with Crippen LogP contribution in [0.2, 0.25) is 0 Å². The second-order valence-corrected chi connectivity index (χ2v) is 5.11. The van der Waals surface area contributed by atoms with Crippen molar-refractivity contribution in [2.75, 3.05) is 29.5 Å². The maximum atomic E-state index is 4.47. The highest BCUT2D eigenvalue weighted by molar-refractivity contribution is 7.99. The minimum atomic E-state index is 1.16. The zero-order valence-corrected chi connectivity index (χ0v) is 8.75. The normalized spacial score (nSPS) is 18.2. The van der Waals surface area contributed by atoms with E-state index in [0.29, 0.717) is 0 Å². The largest absolute Gasteiger partial charge is 0.354 e. The number of thiazole rings is 1. The second kappa shape index (κ2) is 3.66. The molecule has 1 aliphatic rings. The molecular weight excluding hydrogens is 188 g/mol. The molecule has 2 nitrogen and oxygen atoms in total. The second-order valence-electron chi connectivity index (χ2n) is 2.82. The van der Waals surface area contributed by atoms with E-state index in [0.717, 1.165) is 13.1 Å². The highest BCUT2D eigenvalue weighted by atomic mass is 32.2. The van der Waals surface area contributed by atoms with Crippen LogP contribution in [0.25, 0.3) is 0 Å². The minimum Gasteiger partial charge on any atom is -0.354 e. The minimum absolute atomic E-state index is 1.16. The van der Waals surface area contributed by atoms with Gasteiger partial charge in [0.1, 0.15) is 5.82 Å². The van der Waals surface area contributed by atoms with Crippen molar-refractivity contribution in [3.05, 3.63) is 10.4 Å². The molecule has 2 rings (SSSR count). The van der Waals surface area contributed by atoms with Crippen molar-refractivity contribution < 1.29 is 0 Å². The van der Waals surface area contributed by atoms with E-state index in [1.165, 1.54) is 22.3 Å². The van der Waals surface area contributed by atoms with Gasteiger partial charge in [-0.05, 0) is 6.92 Å². The fraction of sp³-hybridized carbons (Fsp3) is 0.625. The summed E-state index contributed by atoms with van der Waals surface area (Å²) >= 11 is 3.77. The number of thioether (sulfide) groups is 1. The zero-order valence-electron chi connectivity index (χ0n) is 7.12. The number of hydrogen-bond donors (Lipinski definition) is 0. The first-order valence-corrected chi connectivity index (χ1v) is 6.14. The van der Waals surface area contributed by atoms with Gasteiger partial charge in [0, 0.05) is 30.0 Å². The van der Waals surface area contributed by atoms with Crippen LogP contribution in [0.5, 0.6) is 0 Å². The van der Waals surface area contributed by atoms with Crippen LogP contribution in [0.4, 0.5) is 5.82 Å². The Labute approximate surface area is 81.0 Å². The Balaban J connectivity index is 2.08. The lowest BCUT2D eigenvalue weighted by atomic mass is 10.5. The van der Waals surface area contributed by atoms with Gasteiger partial charge in [-0.1, -0.05) is 0 Å². The van der Waals surface area contributed by atoms with Gasteiger partial charge >= 0.3 is 0 Å². The summed E-state index contributed by atoms with van der Waals surface area (Å²) in [6, 6.07) is 0. The Hall–Kier alpha value is -0.220. The predicted molar refractivity (Wildman–Crippen MR) is 56.4 cm³/mol. The Morgan fingerprint density at radius 1 is 1.42 bits per heavy atom. The lowest BCUT2D eigenvalue weighted by Gasteiger charge is -2.25. The third-order valence-electron chi connectivity index (χ3n) is 1.94. The lowest BCUT2D eigenvalue weighted by Crippen LogP contribution is -2.32. The van der Waals surface area contributed by atoms with Gasteiger partial charge in [-0.2, -0.15) is 11.8 Å². The molecule has 0 amide bonds. The molecule has 0 aliphatic carbocycles. The molecule has 1 aromatic heterocycles. The van der Waals surface area contributed by atoms with Gasteiger partial charge < -0.3 is 4.90 Å². The highest BCUT2D eigenvalue weighted by Gasteiger charge is 2.12. The maximum absolute atomic E-state index is 4.47. The molecular formula is C8H12N2S2.